The maximum Gasteiger partial charge on any atom is 0.251 e. The Bertz CT molecular complexity index is 913. The predicted molar refractivity (Wildman–Crippen MR) is 99.2 cm³/mol. The van der Waals surface area contributed by atoms with E-state index in [0.29, 0.717) is 12.1 Å². The number of likely N-dealkylation sites (N-methyl/N-ethyl adjacent to an activating group) is 1. The quantitative estimate of drug-likeness (QED) is 0.776. The van der Waals surface area contributed by atoms with Crippen LogP contribution in [-0.4, -0.2) is 52.5 Å². The number of aryl methyl sites for hydroxylation is 2. The number of amides is 1. The van der Waals surface area contributed by atoms with Crippen LogP contribution in [0.1, 0.15) is 21.7 Å². The molecule has 1 N–H and O–H groups in total. The fourth-order valence-corrected chi connectivity index (χ4v) is 2.80. The summed E-state index contributed by atoms with van der Waals surface area (Å²) in [5.74, 6) is 0.778. The van der Waals surface area contributed by atoms with E-state index in [4.69, 9.17) is 0 Å². The Balaban J connectivity index is 1.97. The highest BCUT2D eigenvalue weighted by Gasteiger charge is 2.14. The van der Waals surface area contributed by atoms with Crippen LogP contribution in [0.25, 0.3) is 16.9 Å². The second-order valence-electron chi connectivity index (χ2n) is 6.40. The van der Waals surface area contributed by atoms with Crippen LogP contribution in [0.15, 0.2) is 36.5 Å². The molecule has 6 nitrogen and oxygen atoms in total. The number of imidazole rings is 1. The fourth-order valence-electron chi connectivity index (χ4n) is 2.80. The molecule has 0 saturated heterocycles. The lowest BCUT2D eigenvalue weighted by molar-refractivity contribution is 0.0951. The molecule has 2 heterocycles. The van der Waals surface area contributed by atoms with Gasteiger partial charge in [-0.25, -0.2) is 9.97 Å². The zero-order valence-corrected chi connectivity index (χ0v) is 15.1. The normalized spacial score (nSPS) is 11.2. The Morgan fingerprint density at radius 2 is 2.04 bits per heavy atom. The lowest BCUT2D eigenvalue weighted by Crippen LogP contribution is -2.31. The van der Waals surface area contributed by atoms with Gasteiger partial charge in [-0.3, -0.25) is 9.36 Å². The molecule has 130 valence electrons. The van der Waals surface area contributed by atoms with Crippen LogP contribution >= 0.6 is 0 Å². The first-order chi connectivity index (χ1) is 12.0. The minimum atomic E-state index is -0.0712. The first-order valence-electron chi connectivity index (χ1n) is 8.31. The number of carbonyl (C=O) groups is 1. The van der Waals surface area contributed by atoms with Gasteiger partial charge in [-0.15, -0.1) is 0 Å². The second-order valence-corrected chi connectivity index (χ2v) is 6.40. The third-order valence-electron chi connectivity index (χ3n) is 4.14. The molecule has 25 heavy (non-hydrogen) atoms. The highest BCUT2D eigenvalue weighted by Crippen LogP contribution is 2.23. The number of nitrogens with zero attached hydrogens (tertiary/aromatic N) is 4. The van der Waals surface area contributed by atoms with E-state index >= 15 is 0 Å². The minimum Gasteiger partial charge on any atom is -0.351 e. The molecule has 0 fully saturated rings. The Hall–Kier alpha value is -2.73. The standard InChI is InChI=1S/C19H23N5O/c1-13-7-8-15(19(25)21-10-11-23(3)4)12-17(13)24-14(2)22-16-6-5-9-20-18(16)24/h5-9,12H,10-11H2,1-4H3,(H,21,25). The molecule has 6 heteroatoms. The van der Waals surface area contributed by atoms with Gasteiger partial charge in [0.05, 0.1) is 5.69 Å². The van der Waals surface area contributed by atoms with E-state index in [1.165, 1.54) is 0 Å². The van der Waals surface area contributed by atoms with Gasteiger partial charge in [-0.1, -0.05) is 6.07 Å². The van der Waals surface area contributed by atoms with Crippen molar-refractivity contribution in [3.05, 3.63) is 53.5 Å². The van der Waals surface area contributed by atoms with Crippen LogP contribution in [0.3, 0.4) is 0 Å². The molecular weight excluding hydrogens is 314 g/mol. The number of benzene rings is 1. The van der Waals surface area contributed by atoms with Gasteiger partial charge in [-0.05, 0) is 57.8 Å². The third-order valence-corrected chi connectivity index (χ3v) is 4.14. The average Bonchev–Trinajstić information content (AvgIpc) is 2.90. The zero-order chi connectivity index (χ0) is 18.0. The second kappa shape index (κ2) is 7.03. The molecule has 0 saturated carbocycles. The SMILES string of the molecule is Cc1ccc(C(=O)NCCN(C)C)cc1-n1c(C)nc2cccnc21. The van der Waals surface area contributed by atoms with Crippen LogP contribution in [0, 0.1) is 13.8 Å². The van der Waals surface area contributed by atoms with Crippen LogP contribution in [0.4, 0.5) is 0 Å². The predicted octanol–water partition coefficient (Wildman–Crippen LogP) is 2.33. The summed E-state index contributed by atoms with van der Waals surface area (Å²) in [5.41, 5.74) is 4.28. The Morgan fingerprint density at radius 1 is 1.24 bits per heavy atom. The van der Waals surface area contributed by atoms with E-state index in [-0.39, 0.29) is 5.91 Å². The smallest absolute Gasteiger partial charge is 0.251 e. The Labute approximate surface area is 147 Å². The van der Waals surface area contributed by atoms with E-state index in [1.54, 1.807) is 6.20 Å². The number of rotatable bonds is 5. The molecule has 0 radical (unpaired) electrons. The summed E-state index contributed by atoms with van der Waals surface area (Å²) >= 11 is 0. The Morgan fingerprint density at radius 3 is 2.80 bits per heavy atom. The fraction of sp³-hybridized carbons (Fsp3) is 0.316. The van der Waals surface area contributed by atoms with Crippen molar-refractivity contribution in [3.8, 4) is 5.69 Å². The van der Waals surface area contributed by atoms with Gasteiger partial charge in [0.25, 0.3) is 5.91 Å². The van der Waals surface area contributed by atoms with Crippen LogP contribution in [-0.2, 0) is 0 Å². The maximum atomic E-state index is 12.4. The van der Waals surface area contributed by atoms with E-state index in [9.17, 15) is 4.79 Å². The molecule has 0 unspecified atom stereocenters. The highest BCUT2D eigenvalue weighted by atomic mass is 16.1. The van der Waals surface area contributed by atoms with E-state index in [1.807, 2.05) is 67.7 Å². The van der Waals surface area contributed by atoms with Crippen molar-refractivity contribution in [3.63, 3.8) is 0 Å². The number of nitrogens with one attached hydrogen (secondary N) is 1. The van der Waals surface area contributed by atoms with Crippen molar-refractivity contribution in [2.75, 3.05) is 27.2 Å². The van der Waals surface area contributed by atoms with Crippen molar-refractivity contribution in [2.45, 2.75) is 13.8 Å². The summed E-state index contributed by atoms with van der Waals surface area (Å²) in [7, 11) is 3.96. The van der Waals surface area contributed by atoms with Crippen LogP contribution in [0.5, 0.6) is 0 Å². The lowest BCUT2D eigenvalue weighted by atomic mass is 10.1. The molecule has 1 aromatic carbocycles. The molecule has 0 atom stereocenters. The number of hydrogen-bond donors (Lipinski definition) is 1. The van der Waals surface area contributed by atoms with Gasteiger partial charge in [0.2, 0.25) is 0 Å². The van der Waals surface area contributed by atoms with Gasteiger partial charge in [0.15, 0.2) is 5.65 Å². The molecule has 0 aliphatic heterocycles. The molecular formula is C19H23N5O. The van der Waals surface area contributed by atoms with E-state index < -0.39 is 0 Å². The minimum absolute atomic E-state index is 0.0712. The third kappa shape index (κ3) is 3.53. The van der Waals surface area contributed by atoms with Crippen molar-refractivity contribution in [1.82, 2.24) is 24.8 Å². The lowest BCUT2D eigenvalue weighted by Gasteiger charge is -2.13. The zero-order valence-electron chi connectivity index (χ0n) is 15.1. The van der Waals surface area contributed by atoms with Gasteiger partial charge >= 0.3 is 0 Å². The molecule has 3 aromatic rings. The first-order valence-corrected chi connectivity index (χ1v) is 8.31. The molecule has 2 aromatic heterocycles. The summed E-state index contributed by atoms with van der Waals surface area (Å²) in [4.78, 5) is 23.5. The molecule has 0 bridgehead atoms. The van der Waals surface area contributed by atoms with Gasteiger partial charge in [0.1, 0.15) is 11.3 Å². The summed E-state index contributed by atoms with van der Waals surface area (Å²) in [5, 5.41) is 2.95. The number of pyridine rings is 1. The summed E-state index contributed by atoms with van der Waals surface area (Å²) in [6, 6.07) is 9.54. The highest BCUT2D eigenvalue weighted by molar-refractivity contribution is 5.95. The van der Waals surface area contributed by atoms with Crippen LogP contribution in [0.2, 0.25) is 0 Å². The summed E-state index contributed by atoms with van der Waals surface area (Å²) in [6.45, 7) is 5.39. The molecule has 1 amide bonds. The van der Waals surface area contributed by atoms with Crippen molar-refractivity contribution in [1.29, 1.82) is 0 Å². The molecule has 0 aliphatic rings. The van der Waals surface area contributed by atoms with Crippen LogP contribution < -0.4 is 5.32 Å². The summed E-state index contributed by atoms with van der Waals surface area (Å²) < 4.78 is 2.00. The monoisotopic (exact) mass is 337 g/mol. The van der Waals surface area contributed by atoms with E-state index in [0.717, 1.165) is 34.8 Å². The van der Waals surface area contributed by atoms with Gasteiger partial charge in [0, 0.05) is 24.8 Å². The topological polar surface area (TPSA) is 63.1 Å². The Kier molecular flexibility index (Phi) is 4.81. The van der Waals surface area contributed by atoms with Crippen molar-refractivity contribution < 1.29 is 4.79 Å². The maximum absolute atomic E-state index is 12.4. The first kappa shape index (κ1) is 17.1. The number of aromatic nitrogens is 3. The number of carbonyl (C=O) groups excluding carboxylic acids is 1. The van der Waals surface area contributed by atoms with Gasteiger partial charge in [-0.2, -0.15) is 0 Å². The van der Waals surface area contributed by atoms with E-state index in [2.05, 4.69) is 15.3 Å². The van der Waals surface area contributed by atoms with Crippen molar-refractivity contribution in [2.24, 2.45) is 0 Å². The number of fused-ring (bicyclic) bond motifs is 1. The van der Waals surface area contributed by atoms with Crippen molar-refractivity contribution >= 4 is 17.1 Å². The van der Waals surface area contributed by atoms with Gasteiger partial charge < -0.3 is 10.2 Å². The molecule has 3 rings (SSSR count). The average molecular weight is 337 g/mol. The number of hydrogen-bond acceptors (Lipinski definition) is 4. The molecule has 0 spiro atoms. The summed E-state index contributed by atoms with van der Waals surface area (Å²) in [6.07, 6.45) is 1.76. The largest absolute Gasteiger partial charge is 0.351 e. The molecule has 0 aliphatic carbocycles.